The van der Waals surface area contributed by atoms with E-state index < -0.39 is 11.9 Å². The highest BCUT2D eigenvalue weighted by atomic mass is 19.4. The molecule has 3 atom stereocenters. The van der Waals surface area contributed by atoms with E-state index in [-0.39, 0.29) is 17.8 Å². The van der Waals surface area contributed by atoms with Crippen LogP contribution >= 0.6 is 0 Å². The van der Waals surface area contributed by atoms with E-state index in [2.05, 4.69) is 15.3 Å². The summed E-state index contributed by atoms with van der Waals surface area (Å²) in [6.45, 7) is 0.992. The first-order valence-electron chi connectivity index (χ1n) is 9.35. The van der Waals surface area contributed by atoms with Crippen molar-refractivity contribution >= 4 is 11.9 Å². The van der Waals surface area contributed by atoms with E-state index in [0.717, 1.165) is 24.6 Å². The molecule has 0 radical (unpaired) electrons. The number of hydrogen-bond acceptors (Lipinski definition) is 4. The first-order chi connectivity index (χ1) is 12.4. The molecule has 26 heavy (non-hydrogen) atoms. The number of piperidine rings is 1. The molecular weight excluding hydrogens is 345 g/mol. The minimum atomic E-state index is -4.48. The Bertz CT molecular complexity index is 673. The normalized spacial score (nSPS) is 29.2. The van der Waals surface area contributed by atoms with Gasteiger partial charge in [-0.2, -0.15) is 13.2 Å². The molecule has 0 spiro atoms. The first-order valence-corrected chi connectivity index (χ1v) is 9.35. The van der Waals surface area contributed by atoms with Gasteiger partial charge in [0, 0.05) is 31.2 Å². The average Bonchev–Trinajstić information content (AvgIpc) is 3.24. The van der Waals surface area contributed by atoms with E-state index in [1.807, 2.05) is 0 Å². The molecule has 2 saturated carbocycles. The largest absolute Gasteiger partial charge is 0.433 e. The zero-order valence-corrected chi connectivity index (χ0v) is 14.5. The molecule has 3 aliphatic rings. The monoisotopic (exact) mass is 368 g/mol. The van der Waals surface area contributed by atoms with Crippen molar-refractivity contribution in [1.82, 2.24) is 15.3 Å². The molecule has 142 valence electrons. The molecule has 1 amide bonds. The summed E-state index contributed by atoms with van der Waals surface area (Å²) in [4.78, 5) is 21.9. The van der Waals surface area contributed by atoms with Crippen LogP contribution in [0.1, 0.15) is 44.2 Å². The number of halogens is 3. The number of anilines is 1. The summed E-state index contributed by atoms with van der Waals surface area (Å²) in [7, 11) is 0. The van der Waals surface area contributed by atoms with Gasteiger partial charge in [0.2, 0.25) is 11.9 Å². The Morgan fingerprint density at radius 3 is 2.54 bits per heavy atom. The number of fused-ring (bicyclic) bond motifs is 2. The van der Waals surface area contributed by atoms with Crippen LogP contribution in [0.4, 0.5) is 19.1 Å². The molecule has 5 nitrogen and oxygen atoms in total. The second-order valence-electron chi connectivity index (χ2n) is 7.79. The zero-order chi connectivity index (χ0) is 18.3. The fraction of sp³-hybridized carbons (Fsp3) is 0.722. The molecule has 0 unspecified atom stereocenters. The molecule has 0 aromatic carbocycles. The van der Waals surface area contributed by atoms with Crippen molar-refractivity contribution in [3.63, 3.8) is 0 Å². The molecule has 1 aromatic rings. The standard InChI is InChI=1S/C18H23F3N4O/c19-18(20,21)15-3-6-22-17(24-15)25-7-4-12(5-8-25)16(26)23-14-10-11-1-2-13(14)9-11/h3,6,11-14H,1-2,4-5,7-10H2,(H,23,26)/t11-,13+,14-/m1/s1. The van der Waals surface area contributed by atoms with Gasteiger partial charge in [-0.3, -0.25) is 4.79 Å². The van der Waals surface area contributed by atoms with Gasteiger partial charge in [-0.05, 0) is 50.0 Å². The second-order valence-corrected chi connectivity index (χ2v) is 7.79. The van der Waals surface area contributed by atoms with Crippen LogP contribution in [0.25, 0.3) is 0 Å². The first kappa shape index (κ1) is 17.5. The summed E-state index contributed by atoms with van der Waals surface area (Å²) in [6.07, 6.45) is 2.77. The minimum Gasteiger partial charge on any atom is -0.353 e. The summed E-state index contributed by atoms with van der Waals surface area (Å²) in [5.74, 6) is 1.54. The molecule has 1 saturated heterocycles. The van der Waals surface area contributed by atoms with Crippen LogP contribution in [0.2, 0.25) is 0 Å². The van der Waals surface area contributed by atoms with E-state index in [9.17, 15) is 18.0 Å². The summed E-state index contributed by atoms with van der Waals surface area (Å²) < 4.78 is 38.4. The van der Waals surface area contributed by atoms with Crippen LogP contribution in [0, 0.1) is 17.8 Å². The summed E-state index contributed by atoms with van der Waals surface area (Å²) in [5.41, 5.74) is -0.932. The molecular formula is C18H23F3N4O. The highest BCUT2D eigenvalue weighted by Gasteiger charge is 2.41. The smallest absolute Gasteiger partial charge is 0.353 e. The lowest BCUT2D eigenvalue weighted by Gasteiger charge is -2.33. The van der Waals surface area contributed by atoms with Gasteiger partial charge in [0.25, 0.3) is 0 Å². The van der Waals surface area contributed by atoms with Crippen LogP contribution < -0.4 is 10.2 Å². The highest BCUT2D eigenvalue weighted by molar-refractivity contribution is 5.79. The van der Waals surface area contributed by atoms with Crippen molar-refractivity contribution in [2.24, 2.45) is 17.8 Å². The number of alkyl halides is 3. The van der Waals surface area contributed by atoms with Crippen LogP contribution in [0.5, 0.6) is 0 Å². The second kappa shape index (κ2) is 6.70. The van der Waals surface area contributed by atoms with E-state index in [1.165, 1.54) is 19.3 Å². The van der Waals surface area contributed by atoms with E-state index in [1.54, 1.807) is 4.90 Å². The Morgan fingerprint density at radius 2 is 1.92 bits per heavy atom. The molecule has 2 aliphatic carbocycles. The lowest BCUT2D eigenvalue weighted by molar-refractivity contribution is -0.141. The predicted molar refractivity (Wildman–Crippen MR) is 89.3 cm³/mol. The van der Waals surface area contributed by atoms with Gasteiger partial charge >= 0.3 is 6.18 Å². The Balaban J connectivity index is 1.32. The summed E-state index contributed by atoms with van der Waals surface area (Å²) >= 11 is 0. The summed E-state index contributed by atoms with van der Waals surface area (Å²) in [6, 6.07) is 1.20. The molecule has 3 fully saturated rings. The molecule has 4 rings (SSSR count). The maximum absolute atomic E-state index is 12.8. The van der Waals surface area contributed by atoms with Crippen molar-refractivity contribution < 1.29 is 18.0 Å². The molecule has 2 heterocycles. The van der Waals surface area contributed by atoms with Crippen molar-refractivity contribution in [3.8, 4) is 0 Å². The number of carbonyl (C=O) groups excluding carboxylic acids is 1. The lowest BCUT2D eigenvalue weighted by atomic mass is 9.92. The average molecular weight is 368 g/mol. The van der Waals surface area contributed by atoms with Gasteiger partial charge in [-0.15, -0.1) is 0 Å². The molecule has 2 bridgehead atoms. The Labute approximate surface area is 150 Å². The maximum atomic E-state index is 12.8. The number of hydrogen-bond donors (Lipinski definition) is 1. The number of aromatic nitrogens is 2. The van der Waals surface area contributed by atoms with Gasteiger partial charge in [-0.25, -0.2) is 9.97 Å². The van der Waals surface area contributed by atoms with Gasteiger partial charge in [0.05, 0.1) is 0 Å². The number of rotatable bonds is 3. The van der Waals surface area contributed by atoms with Gasteiger partial charge in [-0.1, -0.05) is 6.42 Å². The third kappa shape index (κ3) is 3.50. The van der Waals surface area contributed by atoms with Crippen LogP contribution in [-0.2, 0) is 11.0 Å². The van der Waals surface area contributed by atoms with Crippen molar-refractivity contribution in [2.75, 3.05) is 18.0 Å². The summed E-state index contributed by atoms with van der Waals surface area (Å²) in [5, 5.41) is 3.23. The number of carbonyl (C=O) groups is 1. The molecule has 1 aromatic heterocycles. The lowest BCUT2D eigenvalue weighted by Crippen LogP contribution is -2.45. The zero-order valence-electron chi connectivity index (χ0n) is 14.5. The SMILES string of the molecule is O=C(N[C@@H]1C[C@@H]2CC[C@H]1C2)C1CCN(c2nccc(C(F)(F)F)n2)CC1. The van der Waals surface area contributed by atoms with E-state index in [4.69, 9.17) is 0 Å². The predicted octanol–water partition coefficient (Wildman–Crippen LogP) is 3.02. The fourth-order valence-corrected chi connectivity index (χ4v) is 4.72. The van der Waals surface area contributed by atoms with E-state index >= 15 is 0 Å². The van der Waals surface area contributed by atoms with Gasteiger partial charge in [0.1, 0.15) is 5.69 Å². The number of nitrogens with one attached hydrogen (secondary N) is 1. The van der Waals surface area contributed by atoms with Crippen LogP contribution in [-0.4, -0.2) is 35.0 Å². The van der Waals surface area contributed by atoms with Crippen LogP contribution in [0.15, 0.2) is 12.3 Å². The molecule has 1 aliphatic heterocycles. The van der Waals surface area contributed by atoms with Crippen molar-refractivity contribution in [2.45, 2.75) is 50.7 Å². The van der Waals surface area contributed by atoms with Crippen molar-refractivity contribution in [1.29, 1.82) is 0 Å². The van der Waals surface area contributed by atoms with E-state index in [0.29, 0.717) is 37.9 Å². The maximum Gasteiger partial charge on any atom is 0.433 e. The topological polar surface area (TPSA) is 58.1 Å². The van der Waals surface area contributed by atoms with Crippen LogP contribution in [0.3, 0.4) is 0 Å². The fourth-order valence-electron chi connectivity index (χ4n) is 4.72. The minimum absolute atomic E-state index is 0.0730. The Hall–Kier alpha value is -1.86. The number of nitrogens with zero attached hydrogens (tertiary/aromatic N) is 3. The Morgan fingerprint density at radius 1 is 1.15 bits per heavy atom. The third-order valence-corrected chi connectivity index (χ3v) is 6.15. The van der Waals surface area contributed by atoms with Gasteiger partial charge in [0.15, 0.2) is 0 Å². The molecule has 1 N–H and O–H groups in total. The molecule has 8 heteroatoms. The quantitative estimate of drug-likeness (QED) is 0.891. The highest BCUT2D eigenvalue weighted by Crippen LogP contribution is 2.44. The Kier molecular flexibility index (Phi) is 4.52. The van der Waals surface area contributed by atoms with Gasteiger partial charge < -0.3 is 10.2 Å². The number of amides is 1. The third-order valence-electron chi connectivity index (χ3n) is 6.15. The van der Waals surface area contributed by atoms with Crippen molar-refractivity contribution in [3.05, 3.63) is 18.0 Å².